The number of rotatable bonds is 1. The number of piperazine rings is 1. The zero-order chi connectivity index (χ0) is 10.3. The van der Waals surface area contributed by atoms with Crippen LogP contribution in [0.25, 0.3) is 0 Å². The highest BCUT2D eigenvalue weighted by atomic mass is 32.2. The lowest BCUT2D eigenvalue weighted by Gasteiger charge is -2.37. The van der Waals surface area contributed by atoms with E-state index in [9.17, 15) is 4.79 Å². The first-order chi connectivity index (χ1) is 7.33. The van der Waals surface area contributed by atoms with Gasteiger partial charge in [-0.2, -0.15) is 0 Å². The molecule has 0 saturated carbocycles. The molecule has 0 spiro atoms. The standard InChI is InChI=1S/C10H15N3OS/c14-9-7-15-10(11-9)8-6-12-2-1-3-13(8)5-4-12/h8H,1-7H2. The van der Waals surface area contributed by atoms with Crippen LogP contribution in [0.15, 0.2) is 4.99 Å². The van der Waals surface area contributed by atoms with Gasteiger partial charge in [-0.25, -0.2) is 4.99 Å². The SMILES string of the molecule is O=C1CSC(C2CN3CCCN2CC3)=N1. The number of amides is 1. The van der Waals surface area contributed by atoms with Gasteiger partial charge in [0.25, 0.3) is 5.91 Å². The van der Waals surface area contributed by atoms with Gasteiger partial charge in [-0.1, -0.05) is 11.8 Å². The molecule has 3 atom stereocenters. The molecular formula is C10H15N3OS. The quantitative estimate of drug-likeness (QED) is 0.632. The van der Waals surface area contributed by atoms with Gasteiger partial charge in [0.05, 0.1) is 16.8 Å². The second-order valence-electron chi connectivity index (χ2n) is 4.34. The topological polar surface area (TPSA) is 35.9 Å². The molecule has 3 fully saturated rings. The van der Waals surface area contributed by atoms with E-state index in [-0.39, 0.29) is 5.91 Å². The van der Waals surface area contributed by atoms with E-state index in [2.05, 4.69) is 14.8 Å². The first kappa shape index (κ1) is 9.81. The third kappa shape index (κ3) is 1.84. The molecule has 0 radical (unpaired) electrons. The molecule has 5 heteroatoms. The molecule has 0 N–H and O–H groups in total. The molecule has 0 aromatic rings. The summed E-state index contributed by atoms with van der Waals surface area (Å²) in [4.78, 5) is 20.3. The van der Waals surface area contributed by atoms with Crippen LogP contribution in [-0.2, 0) is 4.79 Å². The minimum absolute atomic E-state index is 0.0475. The summed E-state index contributed by atoms with van der Waals surface area (Å²) in [7, 11) is 0. The third-order valence-electron chi connectivity index (χ3n) is 3.36. The maximum Gasteiger partial charge on any atom is 0.256 e. The second-order valence-corrected chi connectivity index (χ2v) is 5.33. The van der Waals surface area contributed by atoms with Crippen molar-refractivity contribution in [1.29, 1.82) is 0 Å². The molecule has 15 heavy (non-hydrogen) atoms. The minimum Gasteiger partial charge on any atom is -0.300 e. The highest BCUT2D eigenvalue weighted by Crippen LogP contribution is 2.24. The summed E-state index contributed by atoms with van der Waals surface area (Å²) in [5.74, 6) is 0.603. The molecule has 4 heterocycles. The number of fused-ring (bicyclic) bond motifs is 4. The van der Waals surface area contributed by atoms with Gasteiger partial charge in [-0.3, -0.25) is 9.69 Å². The second kappa shape index (κ2) is 3.88. The number of hydrogen-bond donors (Lipinski definition) is 0. The van der Waals surface area contributed by atoms with E-state index in [4.69, 9.17) is 0 Å². The molecule has 3 unspecified atom stereocenters. The highest BCUT2D eigenvalue weighted by molar-refractivity contribution is 8.15. The van der Waals surface area contributed by atoms with Gasteiger partial charge < -0.3 is 4.90 Å². The number of aliphatic imine (C=N–C) groups is 1. The van der Waals surface area contributed by atoms with Crippen molar-refractivity contribution in [2.24, 2.45) is 4.99 Å². The molecule has 0 aromatic heterocycles. The van der Waals surface area contributed by atoms with Gasteiger partial charge in [0.1, 0.15) is 0 Å². The van der Waals surface area contributed by atoms with Crippen LogP contribution in [-0.4, -0.2) is 65.3 Å². The summed E-state index contributed by atoms with van der Waals surface area (Å²) in [5.41, 5.74) is 0. The molecule has 4 aliphatic heterocycles. The lowest BCUT2D eigenvalue weighted by molar-refractivity contribution is -0.115. The first-order valence-electron chi connectivity index (χ1n) is 5.53. The Morgan fingerprint density at radius 1 is 1.27 bits per heavy atom. The minimum atomic E-state index is 0.0475. The predicted molar refractivity (Wildman–Crippen MR) is 61.3 cm³/mol. The fourth-order valence-electron chi connectivity index (χ4n) is 2.57. The van der Waals surface area contributed by atoms with Gasteiger partial charge >= 0.3 is 0 Å². The smallest absolute Gasteiger partial charge is 0.256 e. The van der Waals surface area contributed by atoms with Crippen molar-refractivity contribution in [3.8, 4) is 0 Å². The Morgan fingerprint density at radius 3 is 3.00 bits per heavy atom. The lowest BCUT2D eigenvalue weighted by Crippen LogP contribution is -2.52. The van der Waals surface area contributed by atoms with Crippen LogP contribution in [0.4, 0.5) is 0 Å². The van der Waals surface area contributed by atoms with Gasteiger partial charge in [0, 0.05) is 26.2 Å². The fraction of sp³-hybridized carbons (Fsp3) is 0.800. The van der Waals surface area contributed by atoms with E-state index in [1.807, 2.05) is 0 Å². The summed E-state index contributed by atoms with van der Waals surface area (Å²) in [6.45, 7) is 5.76. The molecule has 3 saturated heterocycles. The zero-order valence-electron chi connectivity index (χ0n) is 8.69. The van der Waals surface area contributed by atoms with E-state index >= 15 is 0 Å². The number of nitrogens with zero attached hydrogens (tertiary/aromatic N) is 3. The summed E-state index contributed by atoms with van der Waals surface area (Å²) >= 11 is 1.64. The summed E-state index contributed by atoms with van der Waals surface area (Å²) in [5, 5.41) is 1.06. The Hall–Kier alpha value is -0.390. The largest absolute Gasteiger partial charge is 0.300 e. The average Bonchev–Trinajstić information content (AvgIpc) is 2.49. The Bertz CT molecular complexity index is 314. The van der Waals surface area contributed by atoms with Gasteiger partial charge in [0.2, 0.25) is 0 Å². The monoisotopic (exact) mass is 225 g/mol. The van der Waals surface area contributed by atoms with Crippen molar-refractivity contribution in [2.45, 2.75) is 12.5 Å². The van der Waals surface area contributed by atoms with Crippen molar-refractivity contribution in [3.05, 3.63) is 0 Å². The molecule has 82 valence electrons. The molecule has 4 aliphatic rings. The van der Waals surface area contributed by atoms with Crippen LogP contribution in [0.1, 0.15) is 6.42 Å². The van der Waals surface area contributed by atoms with E-state index in [1.54, 1.807) is 11.8 Å². The van der Waals surface area contributed by atoms with Gasteiger partial charge in [-0.05, 0) is 13.0 Å². The van der Waals surface area contributed by atoms with Crippen molar-refractivity contribution in [3.63, 3.8) is 0 Å². The average molecular weight is 225 g/mol. The van der Waals surface area contributed by atoms with Crippen LogP contribution in [0.5, 0.6) is 0 Å². The van der Waals surface area contributed by atoms with Crippen LogP contribution in [0.2, 0.25) is 0 Å². The van der Waals surface area contributed by atoms with Crippen LogP contribution >= 0.6 is 11.8 Å². The Kier molecular flexibility index (Phi) is 2.54. The van der Waals surface area contributed by atoms with E-state index in [1.165, 1.54) is 19.5 Å². The molecule has 4 rings (SSSR count). The Balaban J connectivity index is 1.81. The molecular weight excluding hydrogens is 210 g/mol. The normalized spacial score (nSPS) is 40.4. The van der Waals surface area contributed by atoms with E-state index in [0.717, 1.165) is 24.7 Å². The Morgan fingerprint density at radius 2 is 2.20 bits per heavy atom. The first-order valence-corrected chi connectivity index (χ1v) is 6.52. The molecule has 4 nitrogen and oxygen atoms in total. The molecule has 0 aliphatic carbocycles. The lowest BCUT2D eigenvalue weighted by atomic mass is 10.2. The van der Waals surface area contributed by atoms with Crippen molar-refractivity contribution >= 4 is 22.7 Å². The number of carbonyl (C=O) groups excluding carboxylic acids is 1. The van der Waals surface area contributed by atoms with Crippen LogP contribution in [0, 0.1) is 0 Å². The van der Waals surface area contributed by atoms with Crippen molar-refractivity contribution in [2.75, 3.05) is 38.5 Å². The highest BCUT2D eigenvalue weighted by Gasteiger charge is 2.35. The van der Waals surface area contributed by atoms with E-state index < -0.39 is 0 Å². The summed E-state index contributed by atoms with van der Waals surface area (Å²) < 4.78 is 0. The molecule has 1 amide bonds. The summed E-state index contributed by atoms with van der Waals surface area (Å²) in [6, 6.07) is 0.401. The Labute approximate surface area is 93.7 Å². The maximum atomic E-state index is 11.1. The molecule has 0 aromatic carbocycles. The van der Waals surface area contributed by atoms with Gasteiger partial charge in [0.15, 0.2) is 0 Å². The predicted octanol–water partition coefficient (Wildman–Crippen LogP) is 0.0482. The number of hydrogen-bond acceptors (Lipinski definition) is 4. The third-order valence-corrected chi connectivity index (χ3v) is 4.41. The number of thioether (sulfide) groups is 1. The number of carbonyl (C=O) groups is 1. The maximum absolute atomic E-state index is 11.1. The summed E-state index contributed by atoms with van der Waals surface area (Å²) in [6.07, 6.45) is 1.25. The van der Waals surface area contributed by atoms with Crippen LogP contribution < -0.4 is 0 Å². The van der Waals surface area contributed by atoms with Crippen molar-refractivity contribution in [1.82, 2.24) is 9.80 Å². The fourth-order valence-corrected chi connectivity index (χ4v) is 3.49. The van der Waals surface area contributed by atoms with Gasteiger partial charge in [-0.15, -0.1) is 0 Å². The van der Waals surface area contributed by atoms with Crippen LogP contribution in [0.3, 0.4) is 0 Å². The zero-order valence-corrected chi connectivity index (χ0v) is 9.50. The molecule has 2 bridgehead atoms. The van der Waals surface area contributed by atoms with E-state index in [0.29, 0.717) is 11.8 Å². The van der Waals surface area contributed by atoms with Crippen molar-refractivity contribution < 1.29 is 4.79 Å².